The molecule has 0 saturated carbocycles. The smallest absolute Gasteiger partial charge is 0.337 e. The van der Waals surface area contributed by atoms with Crippen LogP contribution >= 0.6 is 11.6 Å². The van der Waals surface area contributed by atoms with E-state index in [2.05, 4.69) is 10.1 Å². The summed E-state index contributed by atoms with van der Waals surface area (Å²) in [5.41, 5.74) is 0.517. The van der Waals surface area contributed by atoms with Crippen LogP contribution in [0.2, 0.25) is 5.02 Å². The highest BCUT2D eigenvalue weighted by Gasteiger charge is 2.17. The van der Waals surface area contributed by atoms with Crippen molar-refractivity contribution in [3.05, 3.63) is 58.9 Å². The lowest BCUT2D eigenvalue weighted by atomic mass is 10.2. The van der Waals surface area contributed by atoms with Crippen LogP contribution in [-0.2, 0) is 9.53 Å². The van der Waals surface area contributed by atoms with Gasteiger partial charge in [0.15, 0.2) is 6.10 Å². The Hall–Kier alpha value is -2.60. The molecule has 0 aliphatic heterocycles. The Morgan fingerprint density at radius 3 is 2.46 bits per heavy atom. The molecule has 1 amide bonds. The van der Waals surface area contributed by atoms with E-state index in [4.69, 9.17) is 16.3 Å². The lowest BCUT2D eigenvalue weighted by Crippen LogP contribution is -2.30. The number of esters is 1. The number of hydrogen-bond donors (Lipinski definition) is 1. The number of benzene rings is 2. The monoisotopic (exact) mass is 351 g/mol. The molecule has 1 unspecified atom stereocenters. The van der Waals surface area contributed by atoms with Gasteiger partial charge in [0.05, 0.1) is 23.4 Å². The number of carbonyl (C=O) groups excluding carboxylic acids is 2. The SMILES string of the molecule is COC(=O)c1ccc(Cl)c(NC(=O)C(C)Oc2ccc(F)cc2)c1. The van der Waals surface area contributed by atoms with Crippen molar-refractivity contribution in [1.82, 2.24) is 0 Å². The molecule has 126 valence electrons. The van der Waals surface area contributed by atoms with Crippen molar-refractivity contribution in [1.29, 1.82) is 0 Å². The molecule has 24 heavy (non-hydrogen) atoms. The Balaban J connectivity index is 2.08. The number of rotatable bonds is 5. The van der Waals surface area contributed by atoms with E-state index < -0.39 is 23.8 Å². The van der Waals surface area contributed by atoms with Gasteiger partial charge in [0.1, 0.15) is 11.6 Å². The van der Waals surface area contributed by atoms with Crippen LogP contribution in [0.5, 0.6) is 5.75 Å². The fourth-order valence-corrected chi connectivity index (χ4v) is 2.04. The molecule has 0 saturated heterocycles. The molecule has 0 aliphatic rings. The third kappa shape index (κ3) is 4.45. The minimum atomic E-state index is -0.853. The second-order valence-electron chi connectivity index (χ2n) is 4.89. The Morgan fingerprint density at radius 2 is 1.83 bits per heavy atom. The van der Waals surface area contributed by atoms with E-state index in [1.165, 1.54) is 56.5 Å². The van der Waals surface area contributed by atoms with Gasteiger partial charge in [-0.2, -0.15) is 0 Å². The summed E-state index contributed by atoms with van der Waals surface area (Å²) in [6.45, 7) is 1.54. The number of nitrogens with one attached hydrogen (secondary N) is 1. The number of anilines is 1. The molecule has 0 spiro atoms. The molecule has 2 aromatic rings. The molecule has 2 rings (SSSR count). The van der Waals surface area contributed by atoms with E-state index >= 15 is 0 Å². The molecule has 1 atom stereocenters. The lowest BCUT2D eigenvalue weighted by molar-refractivity contribution is -0.122. The number of hydrogen-bond acceptors (Lipinski definition) is 4. The maximum Gasteiger partial charge on any atom is 0.337 e. The zero-order chi connectivity index (χ0) is 17.7. The lowest BCUT2D eigenvalue weighted by Gasteiger charge is -2.15. The highest BCUT2D eigenvalue weighted by Crippen LogP contribution is 2.24. The van der Waals surface area contributed by atoms with Gasteiger partial charge in [-0.05, 0) is 49.4 Å². The van der Waals surface area contributed by atoms with Crippen molar-refractivity contribution in [2.75, 3.05) is 12.4 Å². The predicted molar refractivity (Wildman–Crippen MR) is 87.9 cm³/mol. The van der Waals surface area contributed by atoms with Crippen LogP contribution in [0.1, 0.15) is 17.3 Å². The second kappa shape index (κ2) is 7.79. The Bertz CT molecular complexity index is 749. The first kappa shape index (κ1) is 17.7. The van der Waals surface area contributed by atoms with Crippen molar-refractivity contribution < 1.29 is 23.5 Å². The van der Waals surface area contributed by atoms with Gasteiger partial charge in [0.25, 0.3) is 5.91 Å². The van der Waals surface area contributed by atoms with Gasteiger partial charge < -0.3 is 14.8 Å². The minimum Gasteiger partial charge on any atom is -0.481 e. The Labute approximate surface area is 143 Å². The summed E-state index contributed by atoms with van der Waals surface area (Å²) in [5, 5.41) is 2.85. The van der Waals surface area contributed by atoms with Crippen molar-refractivity contribution in [3.63, 3.8) is 0 Å². The standard InChI is InChI=1S/C17H15ClFNO4/c1-10(24-13-6-4-12(19)5-7-13)16(21)20-15-9-11(17(22)23-2)3-8-14(15)18/h3-10H,1-2H3,(H,20,21). The van der Waals surface area contributed by atoms with Gasteiger partial charge in [-0.1, -0.05) is 11.6 Å². The minimum absolute atomic E-state index is 0.254. The fraction of sp³-hybridized carbons (Fsp3) is 0.176. The average molecular weight is 352 g/mol. The number of amides is 1. The second-order valence-corrected chi connectivity index (χ2v) is 5.30. The Morgan fingerprint density at radius 1 is 1.17 bits per heavy atom. The zero-order valence-corrected chi connectivity index (χ0v) is 13.8. The predicted octanol–water partition coefficient (Wildman–Crippen LogP) is 3.67. The molecule has 2 aromatic carbocycles. The van der Waals surface area contributed by atoms with Gasteiger partial charge >= 0.3 is 5.97 Å². The Kier molecular flexibility index (Phi) is 5.76. The maximum absolute atomic E-state index is 12.9. The number of ether oxygens (including phenoxy) is 2. The molecule has 0 fully saturated rings. The first-order chi connectivity index (χ1) is 11.4. The average Bonchev–Trinajstić information content (AvgIpc) is 2.58. The van der Waals surface area contributed by atoms with Crippen LogP contribution in [0.3, 0.4) is 0 Å². The fourth-order valence-electron chi connectivity index (χ4n) is 1.87. The topological polar surface area (TPSA) is 64.6 Å². The summed E-state index contributed by atoms with van der Waals surface area (Å²) in [6, 6.07) is 9.69. The molecule has 0 heterocycles. The number of carbonyl (C=O) groups is 2. The molecule has 0 aromatic heterocycles. The van der Waals surface area contributed by atoms with Gasteiger partial charge in [-0.3, -0.25) is 4.79 Å². The van der Waals surface area contributed by atoms with E-state index in [1.54, 1.807) is 0 Å². The molecule has 0 radical (unpaired) electrons. The third-order valence-electron chi connectivity index (χ3n) is 3.14. The molecule has 0 bridgehead atoms. The summed E-state index contributed by atoms with van der Waals surface area (Å²) >= 11 is 6.02. The maximum atomic E-state index is 12.9. The van der Waals surface area contributed by atoms with Crippen LogP contribution in [0, 0.1) is 5.82 Å². The molecule has 0 aliphatic carbocycles. The van der Waals surface area contributed by atoms with E-state index in [0.717, 1.165) is 0 Å². The quantitative estimate of drug-likeness (QED) is 0.835. The summed E-state index contributed by atoms with van der Waals surface area (Å²) < 4.78 is 22.9. The normalized spacial score (nSPS) is 11.5. The molecule has 7 heteroatoms. The van der Waals surface area contributed by atoms with Gasteiger partial charge in [-0.25, -0.2) is 9.18 Å². The summed E-state index contributed by atoms with van der Waals surface area (Å²) in [5.74, 6) is -1.06. The van der Waals surface area contributed by atoms with E-state index in [9.17, 15) is 14.0 Å². The van der Waals surface area contributed by atoms with E-state index in [1.807, 2.05) is 0 Å². The van der Waals surface area contributed by atoms with Crippen molar-refractivity contribution in [3.8, 4) is 5.75 Å². The highest BCUT2D eigenvalue weighted by atomic mass is 35.5. The van der Waals surface area contributed by atoms with Crippen LogP contribution in [-0.4, -0.2) is 25.1 Å². The summed E-state index contributed by atoms with van der Waals surface area (Å²) in [4.78, 5) is 23.7. The number of halogens is 2. The van der Waals surface area contributed by atoms with Crippen LogP contribution in [0.4, 0.5) is 10.1 Å². The first-order valence-corrected chi connectivity index (χ1v) is 7.39. The van der Waals surface area contributed by atoms with Crippen LogP contribution in [0.15, 0.2) is 42.5 Å². The van der Waals surface area contributed by atoms with Crippen molar-refractivity contribution >= 4 is 29.2 Å². The molecule has 1 N–H and O–H groups in total. The van der Waals surface area contributed by atoms with E-state index in [-0.39, 0.29) is 16.3 Å². The largest absolute Gasteiger partial charge is 0.481 e. The number of methoxy groups -OCH3 is 1. The van der Waals surface area contributed by atoms with Crippen LogP contribution in [0.25, 0.3) is 0 Å². The van der Waals surface area contributed by atoms with Crippen molar-refractivity contribution in [2.45, 2.75) is 13.0 Å². The summed E-state index contributed by atoms with van der Waals surface area (Å²) in [7, 11) is 1.26. The van der Waals surface area contributed by atoms with Gasteiger partial charge in [0.2, 0.25) is 0 Å². The van der Waals surface area contributed by atoms with Gasteiger partial charge in [0, 0.05) is 0 Å². The molecular formula is C17H15ClFNO4. The van der Waals surface area contributed by atoms with Crippen LogP contribution < -0.4 is 10.1 Å². The van der Waals surface area contributed by atoms with E-state index in [0.29, 0.717) is 5.75 Å². The highest BCUT2D eigenvalue weighted by molar-refractivity contribution is 6.33. The molecular weight excluding hydrogens is 337 g/mol. The van der Waals surface area contributed by atoms with Crippen molar-refractivity contribution in [2.24, 2.45) is 0 Å². The molecule has 5 nitrogen and oxygen atoms in total. The first-order valence-electron chi connectivity index (χ1n) is 7.01. The summed E-state index contributed by atoms with van der Waals surface area (Å²) in [6.07, 6.45) is -0.853. The zero-order valence-electron chi connectivity index (χ0n) is 13.0. The third-order valence-corrected chi connectivity index (χ3v) is 3.47. The van der Waals surface area contributed by atoms with Gasteiger partial charge in [-0.15, -0.1) is 0 Å².